The molecule has 1 heterocycles. The van der Waals surface area contributed by atoms with Crippen molar-refractivity contribution in [3.63, 3.8) is 0 Å². The molecule has 1 aliphatic heterocycles. The quantitative estimate of drug-likeness (QED) is 0.127. The highest BCUT2D eigenvalue weighted by Crippen LogP contribution is 2.52. The van der Waals surface area contributed by atoms with Gasteiger partial charge in [0.05, 0.1) is 0 Å². The molecular weight excluding hydrogens is 665 g/mol. The molecule has 9 aromatic rings. The minimum Gasteiger partial charge on any atom is -0.0622 e. The summed E-state index contributed by atoms with van der Waals surface area (Å²) in [7, 11) is -2.09. The van der Waals surface area contributed by atoms with Crippen LogP contribution in [0.15, 0.2) is 170 Å². The molecule has 0 atom stereocenters. The summed E-state index contributed by atoms with van der Waals surface area (Å²) in [5.74, 6) is 0. The van der Waals surface area contributed by atoms with Gasteiger partial charge in [-0.3, -0.25) is 0 Å². The van der Waals surface area contributed by atoms with Crippen LogP contribution in [-0.2, 0) is 5.41 Å². The number of fused-ring (bicyclic) bond motifs is 9. The van der Waals surface area contributed by atoms with Crippen LogP contribution in [0.4, 0.5) is 0 Å². The Balaban J connectivity index is 1.21. The average Bonchev–Trinajstić information content (AvgIpc) is 3.57. The summed E-state index contributed by atoms with van der Waals surface area (Å²) in [5.41, 5.74) is 16.1. The van der Waals surface area contributed by atoms with Gasteiger partial charge >= 0.3 is 0 Å². The summed E-state index contributed by atoms with van der Waals surface area (Å²) >= 11 is 0. The Morgan fingerprint density at radius 2 is 0.926 bits per heavy atom. The third kappa shape index (κ3) is 4.31. The number of hydrogen-bond acceptors (Lipinski definition) is 0. The standard InChI is InChI=1S/C53H40Si/c1-53(2)47-24-13-12-20-39(47)40-27-26-36(29-48(40)53)52-43-22-11-10-21-42(43)51(34-16-6-5-7-17-34)46-32-50-44(31-45(46)52)41-28-25-35(30-49(41)54(50,3)4)38-23-14-18-33-15-8-9-19-37(33)38/h5-32H,1-4H3. The molecule has 11 rings (SSSR count). The van der Waals surface area contributed by atoms with Gasteiger partial charge < -0.3 is 0 Å². The van der Waals surface area contributed by atoms with E-state index in [1.807, 2.05) is 0 Å². The van der Waals surface area contributed by atoms with Crippen LogP contribution >= 0.6 is 0 Å². The summed E-state index contributed by atoms with van der Waals surface area (Å²) in [5, 5.41) is 10.9. The maximum atomic E-state index is 2.61. The maximum absolute atomic E-state index is 2.61. The SMILES string of the molecule is CC1(C)c2ccccc2-c2ccc(-c3c4ccccc4c(-c4ccccc4)c4cc5c(cc34)-c3ccc(-c4cccc6ccccc46)cc3[Si]5(C)C)cc21. The van der Waals surface area contributed by atoms with Gasteiger partial charge in [-0.2, -0.15) is 0 Å². The molecule has 9 aromatic carbocycles. The zero-order chi connectivity index (χ0) is 36.3. The lowest BCUT2D eigenvalue weighted by Gasteiger charge is -2.24. The van der Waals surface area contributed by atoms with Gasteiger partial charge in [-0.25, -0.2) is 0 Å². The van der Waals surface area contributed by atoms with E-state index in [1.165, 1.54) is 109 Å². The predicted molar refractivity (Wildman–Crippen MR) is 235 cm³/mol. The molecule has 0 nitrogen and oxygen atoms in total. The van der Waals surface area contributed by atoms with Crippen LogP contribution in [0, 0.1) is 0 Å². The van der Waals surface area contributed by atoms with Crippen molar-refractivity contribution in [1.82, 2.24) is 0 Å². The Morgan fingerprint density at radius 3 is 1.74 bits per heavy atom. The second-order valence-corrected chi connectivity index (χ2v) is 20.8. The first-order valence-electron chi connectivity index (χ1n) is 19.3. The highest BCUT2D eigenvalue weighted by molar-refractivity contribution is 7.04. The van der Waals surface area contributed by atoms with Crippen LogP contribution in [0.25, 0.3) is 88.0 Å². The molecule has 0 amide bonds. The molecule has 1 heteroatoms. The first-order chi connectivity index (χ1) is 26.3. The van der Waals surface area contributed by atoms with E-state index in [9.17, 15) is 0 Å². The van der Waals surface area contributed by atoms with Crippen molar-refractivity contribution < 1.29 is 0 Å². The lowest BCUT2D eigenvalue weighted by molar-refractivity contribution is 0.660. The Kier molecular flexibility index (Phi) is 6.56. The van der Waals surface area contributed by atoms with Crippen LogP contribution in [0.5, 0.6) is 0 Å². The fourth-order valence-corrected chi connectivity index (χ4v) is 13.2. The molecule has 0 saturated carbocycles. The molecule has 0 aromatic heterocycles. The van der Waals surface area contributed by atoms with Gasteiger partial charge in [0, 0.05) is 5.41 Å². The van der Waals surface area contributed by atoms with Crippen molar-refractivity contribution in [2.45, 2.75) is 32.4 Å². The third-order valence-corrected chi connectivity index (χ3v) is 16.4. The van der Waals surface area contributed by atoms with E-state index in [1.54, 1.807) is 0 Å². The normalized spacial score (nSPS) is 14.6. The first kappa shape index (κ1) is 31.5. The van der Waals surface area contributed by atoms with Gasteiger partial charge in [-0.05, 0) is 122 Å². The van der Waals surface area contributed by atoms with Gasteiger partial charge in [0.1, 0.15) is 8.07 Å². The van der Waals surface area contributed by atoms with Gasteiger partial charge in [0.25, 0.3) is 0 Å². The van der Waals surface area contributed by atoms with E-state index < -0.39 is 8.07 Å². The van der Waals surface area contributed by atoms with Crippen LogP contribution in [0.1, 0.15) is 25.0 Å². The fraction of sp³-hybridized carbons (Fsp3) is 0.0943. The maximum Gasteiger partial charge on any atom is 0.113 e. The van der Waals surface area contributed by atoms with Gasteiger partial charge in [0.2, 0.25) is 0 Å². The zero-order valence-corrected chi connectivity index (χ0v) is 32.2. The van der Waals surface area contributed by atoms with E-state index in [4.69, 9.17) is 0 Å². The van der Waals surface area contributed by atoms with Gasteiger partial charge in [0.15, 0.2) is 0 Å². The van der Waals surface area contributed by atoms with Crippen molar-refractivity contribution >= 4 is 50.8 Å². The average molecular weight is 705 g/mol. The third-order valence-electron chi connectivity index (χ3n) is 12.9. The number of rotatable bonds is 3. The van der Waals surface area contributed by atoms with E-state index >= 15 is 0 Å². The van der Waals surface area contributed by atoms with E-state index in [2.05, 4.69) is 197 Å². The molecule has 0 saturated heterocycles. The Morgan fingerprint density at radius 1 is 0.352 bits per heavy atom. The molecule has 2 aliphatic rings. The molecule has 0 N–H and O–H groups in total. The molecular formula is C53H40Si. The smallest absolute Gasteiger partial charge is 0.0622 e. The summed E-state index contributed by atoms with van der Waals surface area (Å²) in [4.78, 5) is 0. The van der Waals surface area contributed by atoms with Crippen LogP contribution in [-0.4, -0.2) is 8.07 Å². The van der Waals surface area contributed by atoms with E-state index in [0.717, 1.165) is 0 Å². The molecule has 0 radical (unpaired) electrons. The molecule has 54 heavy (non-hydrogen) atoms. The monoisotopic (exact) mass is 704 g/mol. The Bertz CT molecular complexity index is 3030. The van der Waals surface area contributed by atoms with E-state index in [-0.39, 0.29) is 5.41 Å². The van der Waals surface area contributed by atoms with Gasteiger partial charge in [-0.1, -0.05) is 185 Å². The number of benzene rings is 9. The Labute approximate surface area is 318 Å². The lowest BCUT2D eigenvalue weighted by Crippen LogP contribution is -2.49. The van der Waals surface area contributed by atoms with Crippen LogP contribution in [0.2, 0.25) is 13.1 Å². The van der Waals surface area contributed by atoms with Crippen molar-refractivity contribution in [2.24, 2.45) is 0 Å². The molecule has 0 fully saturated rings. The zero-order valence-electron chi connectivity index (χ0n) is 31.2. The second kappa shape index (κ2) is 11.2. The predicted octanol–water partition coefficient (Wildman–Crippen LogP) is 13.3. The molecule has 256 valence electrons. The molecule has 0 bridgehead atoms. The minimum absolute atomic E-state index is 0.0743. The summed E-state index contributed by atoms with van der Waals surface area (Å²) < 4.78 is 0. The summed E-state index contributed by atoms with van der Waals surface area (Å²) in [6.45, 7) is 9.89. The van der Waals surface area contributed by atoms with Crippen molar-refractivity contribution in [3.8, 4) is 55.6 Å². The number of hydrogen-bond donors (Lipinski definition) is 0. The molecule has 0 unspecified atom stereocenters. The molecule has 1 aliphatic carbocycles. The molecule has 0 spiro atoms. The summed E-state index contributed by atoms with van der Waals surface area (Å²) in [6, 6.07) is 64.4. The van der Waals surface area contributed by atoms with Gasteiger partial charge in [-0.15, -0.1) is 0 Å². The summed E-state index contributed by atoms with van der Waals surface area (Å²) in [6.07, 6.45) is 0. The highest BCUT2D eigenvalue weighted by Gasteiger charge is 2.39. The topological polar surface area (TPSA) is 0 Å². The highest BCUT2D eigenvalue weighted by atomic mass is 28.3. The van der Waals surface area contributed by atoms with Crippen LogP contribution < -0.4 is 10.4 Å². The van der Waals surface area contributed by atoms with Crippen molar-refractivity contribution in [1.29, 1.82) is 0 Å². The lowest BCUT2D eigenvalue weighted by atomic mass is 9.80. The van der Waals surface area contributed by atoms with Crippen LogP contribution in [0.3, 0.4) is 0 Å². The largest absolute Gasteiger partial charge is 0.113 e. The van der Waals surface area contributed by atoms with E-state index in [0.29, 0.717) is 0 Å². The minimum atomic E-state index is -2.09. The Hall–Kier alpha value is -6.02. The van der Waals surface area contributed by atoms with Crippen molar-refractivity contribution in [2.75, 3.05) is 0 Å². The van der Waals surface area contributed by atoms with Crippen molar-refractivity contribution in [3.05, 3.63) is 181 Å². The fourth-order valence-electron chi connectivity index (χ4n) is 10.1. The first-order valence-corrected chi connectivity index (χ1v) is 22.3. The second-order valence-electron chi connectivity index (χ2n) is 16.4.